The van der Waals surface area contributed by atoms with Gasteiger partial charge in [0.15, 0.2) is 0 Å². The predicted molar refractivity (Wildman–Crippen MR) is 173 cm³/mol. The van der Waals surface area contributed by atoms with E-state index < -0.39 is 16.1 Å². The number of rotatable bonds is 15. The summed E-state index contributed by atoms with van der Waals surface area (Å²) in [5.41, 5.74) is 2.06. The Bertz CT molecular complexity index is 1490. The zero-order valence-electron chi connectivity index (χ0n) is 24.9. The van der Waals surface area contributed by atoms with Gasteiger partial charge in [-0.1, -0.05) is 79.5 Å². The lowest BCUT2D eigenvalue weighted by atomic mass is 10.0. The highest BCUT2D eigenvalue weighted by Crippen LogP contribution is 2.26. The van der Waals surface area contributed by atoms with Gasteiger partial charge in [0.1, 0.15) is 11.8 Å². The van der Waals surface area contributed by atoms with E-state index in [2.05, 4.69) is 5.32 Å². The van der Waals surface area contributed by atoms with Gasteiger partial charge in [-0.25, -0.2) is 8.42 Å². The third kappa shape index (κ3) is 10.4. The van der Waals surface area contributed by atoms with Crippen LogP contribution in [0.3, 0.4) is 0 Å². The van der Waals surface area contributed by atoms with Crippen LogP contribution in [0.15, 0.2) is 72.8 Å². The van der Waals surface area contributed by atoms with Gasteiger partial charge in [-0.2, -0.15) is 0 Å². The largest absolute Gasteiger partial charge is 0.497 e. The molecule has 3 aromatic carbocycles. The van der Waals surface area contributed by atoms with Gasteiger partial charge in [0.05, 0.1) is 29.1 Å². The molecule has 0 aliphatic rings. The van der Waals surface area contributed by atoms with Crippen molar-refractivity contribution < 1.29 is 22.7 Å². The Kier molecular flexibility index (Phi) is 12.7. The highest BCUT2D eigenvalue weighted by molar-refractivity contribution is 7.92. The van der Waals surface area contributed by atoms with Crippen LogP contribution in [0.5, 0.6) is 5.75 Å². The average Bonchev–Trinajstić information content (AvgIpc) is 2.97. The second kappa shape index (κ2) is 16.0. The molecule has 0 spiro atoms. The molecular weight excluding hydrogens is 609 g/mol. The number of benzene rings is 3. The van der Waals surface area contributed by atoms with Gasteiger partial charge in [0.25, 0.3) is 0 Å². The molecule has 0 fully saturated rings. The minimum atomic E-state index is -3.64. The summed E-state index contributed by atoms with van der Waals surface area (Å²) in [7, 11) is -2.13. The van der Waals surface area contributed by atoms with Gasteiger partial charge in [0.2, 0.25) is 21.8 Å². The maximum Gasteiger partial charge on any atom is 0.243 e. The molecule has 0 bridgehead atoms. The summed E-state index contributed by atoms with van der Waals surface area (Å²) in [5.74, 6) is 0.191. The Morgan fingerprint density at radius 1 is 0.930 bits per heavy atom. The summed E-state index contributed by atoms with van der Waals surface area (Å²) in [6.07, 6.45) is 1.67. The van der Waals surface area contributed by atoms with E-state index in [0.29, 0.717) is 40.0 Å². The summed E-state index contributed by atoms with van der Waals surface area (Å²) in [5, 5.41) is 3.72. The number of hydrogen-bond acceptors (Lipinski definition) is 5. The number of halogens is 2. The first kappa shape index (κ1) is 34.2. The lowest BCUT2D eigenvalue weighted by molar-refractivity contribution is -0.141. The van der Waals surface area contributed by atoms with Gasteiger partial charge in [-0.15, -0.1) is 0 Å². The molecule has 43 heavy (non-hydrogen) atoms. The Morgan fingerprint density at radius 2 is 1.65 bits per heavy atom. The smallest absolute Gasteiger partial charge is 0.243 e. The Hall–Kier alpha value is -3.27. The van der Waals surface area contributed by atoms with Crippen LogP contribution in [-0.2, 0) is 32.6 Å². The zero-order valence-corrected chi connectivity index (χ0v) is 27.3. The van der Waals surface area contributed by atoms with Crippen LogP contribution in [0, 0.1) is 5.92 Å². The number of sulfonamides is 1. The lowest BCUT2D eigenvalue weighted by Gasteiger charge is -2.32. The molecule has 3 rings (SSSR count). The summed E-state index contributed by atoms with van der Waals surface area (Å²) in [4.78, 5) is 29.1. The van der Waals surface area contributed by atoms with Crippen LogP contribution in [-0.4, -0.2) is 57.6 Å². The third-order valence-electron chi connectivity index (χ3n) is 6.79. The summed E-state index contributed by atoms with van der Waals surface area (Å²) in [6.45, 7) is 4.65. The topological polar surface area (TPSA) is 96.0 Å². The Morgan fingerprint density at radius 3 is 2.28 bits per heavy atom. The van der Waals surface area contributed by atoms with Crippen molar-refractivity contribution in [2.24, 2.45) is 5.92 Å². The van der Waals surface area contributed by atoms with Gasteiger partial charge >= 0.3 is 0 Å². The molecule has 232 valence electrons. The van der Waals surface area contributed by atoms with E-state index in [0.717, 1.165) is 11.8 Å². The van der Waals surface area contributed by atoms with Crippen LogP contribution < -0.4 is 14.4 Å². The van der Waals surface area contributed by atoms with E-state index in [9.17, 15) is 18.0 Å². The minimum Gasteiger partial charge on any atom is -0.497 e. The molecule has 0 radical (unpaired) electrons. The van der Waals surface area contributed by atoms with Crippen LogP contribution >= 0.6 is 23.2 Å². The van der Waals surface area contributed by atoms with E-state index in [1.54, 1.807) is 47.4 Å². The standard InChI is InChI=1S/C32H39Cl2N3O5S/c1-23(2)21-35-32(39)30(19-24-10-6-5-7-11-24)36(22-25-15-16-28(33)29(34)18-25)31(38)14-9-17-37(43(4,40)41)26-12-8-13-27(20-26)42-3/h5-8,10-13,15-16,18,20,23,30H,9,14,17,19,21-22H2,1-4H3,(H,35,39)/t30-/m1/s1. The van der Waals surface area contributed by atoms with Crippen molar-refractivity contribution in [3.8, 4) is 5.75 Å². The number of amides is 2. The monoisotopic (exact) mass is 647 g/mol. The molecule has 0 aromatic heterocycles. The summed E-state index contributed by atoms with van der Waals surface area (Å²) < 4.78 is 31.9. The Balaban J connectivity index is 1.90. The highest BCUT2D eigenvalue weighted by Gasteiger charge is 2.31. The second-order valence-corrected chi connectivity index (χ2v) is 13.5. The zero-order chi connectivity index (χ0) is 31.6. The van der Waals surface area contributed by atoms with Crippen molar-refractivity contribution >= 4 is 50.7 Å². The molecule has 1 N–H and O–H groups in total. The molecule has 3 aromatic rings. The van der Waals surface area contributed by atoms with E-state index in [-0.39, 0.29) is 43.7 Å². The maximum atomic E-state index is 13.9. The molecule has 0 aliphatic carbocycles. The molecule has 0 aliphatic heterocycles. The Labute approximate surface area is 265 Å². The number of methoxy groups -OCH3 is 1. The van der Waals surface area contributed by atoms with Crippen molar-refractivity contribution in [3.05, 3.63) is 94.0 Å². The first-order valence-electron chi connectivity index (χ1n) is 14.1. The van der Waals surface area contributed by atoms with Crippen LogP contribution in [0.1, 0.15) is 37.8 Å². The van der Waals surface area contributed by atoms with Gasteiger partial charge < -0.3 is 15.0 Å². The molecule has 1 atom stereocenters. The fourth-order valence-electron chi connectivity index (χ4n) is 4.58. The molecule has 0 saturated heterocycles. The lowest BCUT2D eigenvalue weighted by Crippen LogP contribution is -2.51. The molecule has 8 nitrogen and oxygen atoms in total. The first-order valence-corrected chi connectivity index (χ1v) is 16.7. The second-order valence-electron chi connectivity index (χ2n) is 10.8. The summed E-state index contributed by atoms with van der Waals surface area (Å²) >= 11 is 12.4. The van der Waals surface area contributed by atoms with Gasteiger partial charge in [0, 0.05) is 38.5 Å². The highest BCUT2D eigenvalue weighted by atomic mass is 35.5. The number of carbonyl (C=O) groups is 2. The van der Waals surface area contributed by atoms with Crippen molar-refractivity contribution in [2.75, 3.05) is 30.8 Å². The normalized spacial score (nSPS) is 12.1. The van der Waals surface area contributed by atoms with Crippen molar-refractivity contribution in [3.63, 3.8) is 0 Å². The minimum absolute atomic E-state index is 0.0139. The fraction of sp³-hybridized carbons (Fsp3) is 0.375. The van der Waals surface area contributed by atoms with Crippen LogP contribution in [0.2, 0.25) is 10.0 Å². The van der Waals surface area contributed by atoms with E-state index >= 15 is 0 Å². The third-order valence-corrected chi connectivity index (χ3v) is 8.72. The number of nitrogens with zero attached hydrogens (tertiary/aromatic N) is 2. The number of anilines is 1. The van der Waals surface area contributed by atoms with Gasteiger partial charge in [-0.3, -0.25) is 13.9 Å². The number of hydrogen-bond donors (Lipinski definition) is 1. The van der Waals surface area contributed by atoms with E-state index in [4.69, 9.17) is 27.9 Å². The SMILES string of the molecule is COc1cccc(N(CCCC(=O)N(Cc2ccc(Cl)c(Cl)c2)[C@H](Cc2ccccc2)C(=O)NCC(C)C)S(C)(=O)=O)c1. The van der Waals surface area contributed by atoms with Crippen LogP contribution in [0.4, 0.5) is 5.69 Å². The van der Waals surface area contributed by atoms with E-state index in [1.807, 2.05) is 44.2 Å². The number of carbonyl (C=O) groups excluding carboxylic acids is 2. The molecule has 11 heteroatoms. The van der Waals surface area contributed by atoms with Crippen molar-refractivity contribution in [1.29, 1.82) is 0 Å². The summed E-state index contributed by atoms with van der Waals surface area (Å²) in [6, 6.07) is 20.6. The number of nitrogens with one attached hydrogen (secondary N) is 1. The molecule has 0 unspecified atom stereocenters. The van der Waals surface area contributed by atoms with Gasteiger partial charge in [-0.05, 0) is 47.7 Å². The molecular formula is C32H39Cl2N3O5S. The quantitative estimate of drug-likeness (QED) is 0.220. The predicted octanol–water partition coefficient (Wildman–Crippen LogP) is 5.96. The molecule has 0 saturated carbocycles. The van der Waals surface area contributed by atoms with E-state index in [1.165, 1.54) is 11.4 Å². The fourth-order valence-corrected chi connectivity index (χ4v) is 5.86. The van der Waals surface area contributed by atoms with Crippen LogP contribution in [0.25, 0.3) is 0 Å². The molecule has 0 heterocycles. The first-order chi connectivity index (χ1) is 20.4. The average molecular weight is 649 g/mol. The number of ether oxygens (including phenoxy) is 1. The maximum absolute atomic E-state index is 13.9. The van der Waals surface area contributed by atoms with Crippen molar-refractivity contribution in [1.82, 2.24) is 10.2 Å². The van der Waals surface area contributed by atoms with Crippen molar-refractivity contribution in [2.45, 2.75) is 45.7 Å². The molecule has 2 amide bonds.